The van der Waals surface area contributed by atoms with Gasteiger partial charge in [-0.1, -0.05) is 0 Å². The normalized spacial score (nSPS) is 33.8. The highest BCUT2D eigenvalue weighted by Crippen LogP contribution is 2.49. The van der Waals surface area contributed by atoms with Gasteiger partial charge in [0.1, 0.15) is 29.7 Å². The molecule has 5 unspecified atom stereocenters. The van der Waals surface area contributed by atoms with E-state index < -0.39 is 31.6 Å². The molecule has 2 aromatic heterocycles. The maximum atomic E-state index is 11.5. The second-order valence-corrected chi connectivity index (χ2v) is 8.03. The lowest BCUT2D eigenvalue weighted by atomic mass is 10.0. The van der Waals surface area contributed by atoms with Gasteiger partial charge in [-0.25, -0.2) is 15.0 Å². The van der Waals surface area contributed by atoms with E-state index in [0.29, 0.717) is 11.2 Å². The van der Waals surface area contributed by atoms with Crippen LogP contribution in [-0.2, 0) is 23.3 Å². The predicted molar refractivity (Wildman–Crippen MR) is 84.8 cm³/mol. The van der Waals surface area contributed by atoms with Crippen LogP contribution in [0.25, 0.3) is 11.2 Å². The highest BCUT2D eigenvalue weighted by Gasteiger charge is 2.63. The first-order valence-corrected chi connectivity index (χ1v) is 9.57. The van der Waals surface area contributed by atoms with Crippen LogP contribution in [0.1, 0.15) is 6.23 Å². The molecule has 0 spiro atoms. The molecule has 2 aliphatic rings. The number of hydrogen-bond donors (Lipinski definition) is 2. The van der Waals surface area contributed by atoms with Gasteiger partial charge in [-0.05, 0) is 0 Å². The van der Waals surface area contributed by atoms with Gasteiger partial charge in [-0.15, -0.1) is 0 Å². The smallest absolute Gasteiger partial charge is 0.325 e. The van der Waals surface area contributed by atoms with Crippen molar-refractivity contribution in [2.45, 2.75) is 24.0 Å². The largest absolute Gasteiger partial charge is 0.382 e. The average Bonchev–Trinajstić information content (AvgIpc) is 3.22. The lowest BCUT2D eigenvalue weighted by Crippen LogP contribution is -2.45. The predicted octanol–water partition coefficient (Wildman–Crippen LogP) is -0.0783. The van der Waals surface area contributed by atoms with Crippen LogP contribution >= 0.6 is 7.60 Å². The molecule has 2 aliphatic heterocycles. The molecule has 2 saturated heterocycles. The number of nitrogen functional groups attached to an aromatic ring is 1. The van der Waals surface area contributed by atoms with Crippen LogP contribution in [0.5, 0.6) is 0 Å². The van der Waals surface area contributed by atoms with Crippen molar-refractivity contribution in [3.8, 4) is 0 Å². The molecule has 4 heterocycles. The number of nitrogens with zero attached hydrogens (tertiary/aromatic N) is 4. The van der Waals surface area contributed by atoms with Crippen molar-refractivity contribution in [3.05, 3.63) is 12.7 Å². The second kappa shape index (κ2) is 5.70. The first kappa shape index (κ1) is 16.8. The van der Waals surface area contributed by atoms with Crippen LogP contribution < -0.4 is 5.73 Å². The molecule has 11 nitrogen and oxygen atoms in total. The summed E-state index contributed by atoms with van der Waals surface area (Å²) >= 11 is 0. The third-order valence-electron chi connectivity index (χ3n) is 4.44. The van der Waals surface area contributed by atoms with Crippen LogP contribution in [0.15, 0.2) is 12.7 Å². The third-order valence-corrected chi connectivity index (χ3v) is 5.05. The van der Waals surface area contributed by atoms with Crippen LogP contribution in [0.3, 0.4) is 0 Å². The summed E-state index contributed by atoms with van der Waals surface area (Å²) in [6.45, 7) is 1.18. The maximum Gasteiger partial charge on any atom is 0.325 e. The minimum absolute atomic E-state index is 0.132. The number of ether oxygens (including phenoxy) is 3. The average molecular weight is 371 g/mol. The molecule has 0 amide bonds. The van der Waals surface area contributed by atoms with Crippen molar-refractivity contribution in [1.29, 1.82) is 0 Å². The number of fused-ring (bicyclic) bond motifs is 3. The lowest BCUT2D eigenvalue weighted by Gasteiger charge is -2.31. The molecule has 0 saturated carbocycles. The highest BCUT2D eigenvalue weighted by atomic mass is 31.2. The molecule has 0 radical (unpaired) electrons. The van der Waals surface area contributed by atoms with Gasteiger partial charge in [0.05, 0.1) is 19.5 Å². The van der Waals surface area contributed by atoms with E-state index >= 15 is 0 Å². The zero-order chi connectivity index (χ0) is 17.8. The minimum Gasteiger partial charge on any atom is -0.382 e. The summed E-state index contributed by atoms with van der Waals surface area (Å²) in [6, 6.07) is 0. The summed E-state index contributed by atoms with van der Waals surface area (Å²) in [7, 11) is -2.13. The van der Waals surface area contributed by atoms with E-state index in [0.717, 1.165) is 6.66 Å². The number of aromatic nitrogens is 4. The molecule has 0 aliphatic carbocycles. The van der Waals surface area contributed by atoms with Gasteiger partial charge in [-0.3, -0.25) is 9.13 Å². The third kappa shape index (κ3) is 2.64. The van der Waals surface area contributed by atoms with Crippen LogP contribution in [0.4, 0.5) is 5.82 Å². The Kier molecular flexibility index (Phi) is 3.83. The van der Waals surface area contributed by atoms with Gasteiger partial charge >= 0.3 is 7.60 Å². The molecule has 136 valence electrons. The zero-order valence-corrected chi connectivity index (χ0v) is 14.5. The molecular weight excluding hydrogens is 353 g/mol. The Labute approximate surface area is 142 Å². The molecule has 4 rings (SSSR count). The van der Waals surface area contributed by atoms with Crippen molar-refractivity contribution in [2.75, 3.05) is 32.7 Å². The van der Waals surface area contributed by atoms with Crippen molar-refractivity contribution in [1.82, 2.24) is 19.5 Å². The first-order valence-electron chi connectivity index (χ1n) is 7.55. The van der Waals surface area contributed by atoms with Crippen LogP contribution in [0.2, 0.25) is 0 Å². The Morgan fingerprint density at radius 1 is 1.52 bits per heavy atom. The van der Waals surface area contributed by atoms with E-state index in [-0.39, 0.29) is 19.0 Å². The van der Waals surface area contributed by atoms with Gasteiger partial charge < -0.3 is 29.4 Å². The quantitative estimate of drug-likeness (QED) is 0.685. The molecule has 3 N–H and O–H groups in total. The number of rotatable bonds is 5. The second-order valence-electron chi connectivity index (χ2n) is 6.16. The molecular formula is C13H18N5O6P. The fraction of sp³-hybridized carbons (Fsp3) is 0.615. The summed E-state index contributed by atoms with van der Waals surface area (Å²) in [5.74, 6) is 0.265. The number of methoxy groups -OCH3 is 1. The first-order chi connectivity index (χ1) is 11.8. The lowest BCUT2D eigenvalue weighted by molar-refractivity contribution is -0.183. The summed E-state index contributed by atoms with van der Waals surface area (Å²) in [5, 5.41) is 0. The fourth-order valence-corrected chi connectivity index (χ4v) is 3.81. The van der Waals surface area contributed by atoms with Crippen LogP contribution in [0, 0.1) is 0 Å². The highest BCUT2D eigenvalue weighted by molar-refractivity contribution is 7.51. The van der Waals surface area contributed by atoms with E-state index in [4.69, 9.17) is 24.5 Å². The Bertz CT molecular complexity index is 855. The van der Waals surface area contributed by atoms with Crippen molar-refractivity contribution < 1.29 is 28.2 Å². The van der Waals surface area contributed by atoms with Gasteiger partial charge in [0.25, 0.3) is 0 Å². The Morgan fingerprint density at radius 3 is 3.04 bits per heavy atom. The summed E-state index contributed by atoms with van der Waals surface area (Å²) in [4.78, 5) is 21.8. The standard InChI is InChI=1S/C13H18N5O6P/c1-21-9-8-12(18-6-17-7-10(14)15-5-16-11(7)18)24-13(9,3-22-8)4-23-25(2,19)20/h5-6,8-9,12H,3-4H2,1-2H3,(H,19,20)(H2,14,15,16). The molecule has 25 heavy (non-hydrogen) atoms. The van der Waals surface area contributed by atoms with E-state index in [1.807, 2.05) is 0 Å². The SMILES string of the molecule is COC1C2OCC1(COP(C)(=O)O)OC2n1cnc2c(N)ncnc21. The van der Waals surface area contributed by atoms with E-state index in [1.54, 1.807) is 10.9 Å². The molecule has 5 atom stereocenters. The van der Waals surface area contributed by atoms with E-state index in [9.17, 15) is 9.46 Å². The monoisotopic (exact) mass is 371 g/mol. The van der Waals surface area contributed by atoms with Crippen LogP contribution in [-0.4, -0.2) is 69.2 Å². The Morgan fingerprint density at radius 2 is 2.32 bits per heavy atom. The number of hydrogen-bond acceptors (Lipinski definition) is 9. The summed E-state index contributed by atoms with van der Waals surface area (Å²) in [5.41, 5.74) is 5.79. The minimum atomic E-state index is -3.67. The summed E-state index contributed by atoms with van der Waals surface area (Å²) in [6.07, 6.45) is 1.38. The molecule has 12 heteroatoms. The maximum absolute atomic E-state index is 11.5. The number of nitrogens with two attached hydrogens (primary N) is 1. The van der Waals surface area contributed by atoms with Gasteiger partial charge in [-0.2, -0.15) is 0 Å². The van der Waals surface area contributed by atoms with Gasteiger partial charge in [0.2, 0.25) is 0 Å². The zero-order valence-electron chi connectivity index (χ0n) is 13.6. The summed E-state index contributed by atoms with van der Waals surface area (Å²) < 4.78 is 35.8. The molecule has 2 fully saturated rings. The van der Waals surface area contributed by atoms with Crippen molar-refractivity contribution >= 4 is 24.6 Å². The fourth-order valence-electron chi connectivity index (χ4n) is 3.35. The number of imidazole rings is 1. The van der Waals surface area contributed by atoms with Gasteiger partial charge in [0, 0.05) is 13.8 Å². The number of anilines is 1. The molecule has 0 aromatic carbocycles. The van der Waals surface area contributed by atoms with Crippen molar-refractivity contribution in [3.63, 3.8) is 0 Å². The Balaban J connectivity index is 1.68. The topological polar surface area (TPSA) is 144 Å². The van der Waals surface area contributed by atoms with Crippen molar-refractivity contribution in [2.24, 2.45) is 0 Å². The van der Waals surface area contributed by atoms with Gasteiger partial charge in [0.15, 0.2) is 17.7 Å². The molecule has 2 bridgehead atoms. The van der Waals surface area contributed by atoms with E-state index in [2.05, 4.69) is 15.0 Å². The van der Waals surface area contributed by atoms with E-state index in [1.165, 1.54) is 13.4 Å². The molecule has 2 aromatic rings. The Hall–Kier alpha value is -1.62.